The fourth-order valence-electron chi connectivity index (χ4n) is 3.81. The number of nitrogens with zero attached hydrogens (tertiary/aromatic N) is 1. The van der Waals surface area contributed by atoms with Crippen LogP contribution in [0.2, 0.25) is 0 Å². The largest absolute Gasteiger partial charge is 0.385 e. The number of aromatic nitrogens is 2. The summed E-state index contributed by atoms with van der Waals surface area (Å²) in [5.41, 5.74) is 3.53. The van der Waals surface area contributed by atoms with Crippen molar-refractivity contribution in [2.45, 2.75) is 65.5 Å². The molecule has 0 atom stereocenters. The van der Waals surface area contributed by atoms with Crippen molar-refractivity contribution in [2.24, 2.45) is 0 Å². The van der Waals surface area contributed by atoms with Crippen LogP contribution in [0.25, 0.3) is 0 Å². The number of benzene rings is 1. The van der Waals surface area contributed by atoms with Crippen molar-refractivity contribution in [3.8, 4) is 0 Å². The monoisotopic (exact) mass is 415 g/mol. The van der Waals surface area contributed by atoms with Gasteiger partial charge in [0.15, 0.2) is 0 Å². The van der Waals surface area contributed by atoms with Crippen LogP contribution in [0, 0.1) is 13.8 Å². The van der Waals surface area contributed by atoms with E-state index in [0.717, 1.165) is 29.5 Å². The Morgan fingerprint density at radius 1 is 1.13 bits per heavy atom. The molecule has 0 unspecified atom stereocenters. The van der Waals surface area contributed by atoms with E-state index in [4.69, 9.17) is 0 Å². The molecule has 7 heteroatoms. The third-order valence-electron chi connectivity index (χ3n) is 5.77. The summed E-state index contributed by atoms with van der Waals surface area (Å²) < 4.78 is 0. The lowest BCUT2D eigenvalue weighted by Gasteiger charge is -2.27. The minimum Gasteiger partial charge on any atom is -0.385 e. The first-order valence-corrected chi connectivity index (χ1v) is 10.9. The molecule has 1 aliphatic rings. The summed E-state index contributed by atoms with van der Waals surface area (Å²) in [6.45, 7) is 6.70. The van der Waals surface area contributed by atoms with Crippen molar-refractivity contribution in [3.05, 3.63) is 50.9 Å². The molecule has 1 aromatic heterocycles. The molecule has 2 aromatic rings. The van der Waals surface area contributed by atoms with Crippen molar-refractivity contribution in [2.75, 3.05) is 26.0 Å². The Morgan fingerprint density at radius 2 is 1.83 bits per heavy atom. The van der Waals surface area contributed by atoms with Crippen LogP contribution in [0.15, 0.2) is 23.0 Å². The maximum atomic E-state index is 12.3. The zero-order valence-electron chi connectivity index (χ0n) is 19.0. The standard InChI is InChI=1S/C15H20N4O2.C8H17N/c1-4-16-13-7-5-6-11(9(13)2)14(20)17-8-12-10(3)18-19-15(12)21;1-9(2)8-6-4-3-5-7-8/h5-7,16H,4,8H2,1-3H3,(H,17,20)(H2,18,19,21);8H,3-7H2,1-2H3. The first-order chi connectivity index (χ1) is 14.3. The molecule has 30 heavy (non-hydrogen) atoms. The second-order valence-corrected chi connectivity index (χ2v) is 8.13. The molecule has 4 N–H and O–H groups in total. The Hall–Kier alpha value is -2.54. The van der Waals surface area contributed by atoms with Gasteiger partial charge in [0.1, 0.15) is 0 Å². The van der Waals surface area contributed by atoms with E-state index in [0.29, 0.717) is 11.1 Å². The number of carbonyl (C=O) groups is 1. The number of aryl methyl sites for hydroxylation is 1. The average Bonchev–Trinajstić information content (AvgIpc) is 3.06. The molecular weight excluding hydrogens is 378 g/mol. The van der Waals surface area contributed by atoms with E-state index in [1.165, 1.54) is 32.1 Å². The Kier molecular flexibility index (Phi) is 9.17. The van der Waals surface area contributed by atoms with Crippen molar-refractivity contribution in [1.29, 1.82) is 0 Å². The van der Waals surface area contributed by atoms with Gasteiger partial charge >= 0.3 is 0 Å². The quantitative estimate of drug-likeness (QED) is 0.580. The second-order valence-electron chi connectivity index (χ2n) is 8.13. The lowest BCUT2D eigenvalue weighted by atomic mass is 9.95. The number of H-pyrrole nitrogens is 2. The smallest absolute Gasteiger partial charge is 0.269 e. The van der Waals surface area contributed by atoms with E-state index in [9.17, 15) is 9.59 Å². The van der Waals surface area contributed by atoms with Crippen LogP contribution in [0.4, 0.5) is 5.69 Å². The van der Waals surface area contributed by atoms with Gasteiger partial charge < -0.3 is 20.6 Å². The van der Waals surface area contributed by atoms with Gasteiger partial charge in [0.2, 0.25) is 0 Å². The highest BCUT2D eigenvalue weighted by molar-refractivity contribution is 5.97. The molecule has 166 valence electrons. The lowest BCUT2D eigenvalue weighted by molar-refractivity contribution is 0.0950. The molecule has 0 aliphatic heterocycles. The molecule has 1 heterocycles. The van der Waals surface area contributed by atoms with Crippen LogP contribution in [-0.2, 0) is 6.54 Å². The molecule has 1 aromatic carbocycles. The molecule has 7 nitrogen and oxygen atoms in total. The first kappa shape index (κ1) is 23.7. The number of rotatable bonds is 6. The first-order valence-electron chi connectivity index (χ1n) is 10.9. The molecule has 1 amide bonds. The molecule has 3 rings (SSSR count). The normalized spacial score (nSPS) is 14.2. The van der Waals surface area contributed by atoms with E-state index in [1.807, 2.05) is 26.0 Å². The van der Waals surface area contributed by atoms with Gasteiger partial charge in [-0.2, -0.15) is 0 Å². The van der Waals surface area contributed by atoms with Gasteiger partial charge in [-0.3, -0.25) is 14.7 Å². The predicted octanol–water partition coefficient (Wildman–Crippen LogP) is 3.56. The van der Waals surface area contributed by atoms with Gasteiger partial charge in [0.25, 0.3) is 11.5 Å². The number of anilines is 1. The van der Waals surface area contributed by atoms with Crippen LogP contribution >= 0.6 is 0 Å². The minimum absolute atomic E-state index is 0.188. The van der Waals surface area contributed by atoms with Crippen molar-refractivity contribution >= 4 is 11.6 Å². The Morgan fingerprint density at radius 3 is 2.37 bits per heavy atom. The molecular formula is C23H37N5O2. The van der Waals surface area contributed by atoms with Crippen LogP contribution in [-0.4, -0.2) is 47.7 Å². The maximum Gasteiger partial charge on any atom is 0.269 e. The summed E-state index contributed by atoms with van der Waals surface area (Å²) in [6.07, 6.45) is 7.20. The SMILES string of the molecule is CCNc1cccc(C(=O)NCc2c(C)[nH][nH]c2=O)c1C.CN(C)C1CCCCC1. The highest BCUT2D eigenvalue weighted by Gasteiger charge is 2.14. The molecule has 1 saturated carbocycles. The number of aromatic amines is 2. The lowest BCUT2D eigenvalue weighted by Crippen LogP contribution is -2.29. The van der Waals surface area contributed by atoms with Gasteiger partial charge in [-0.05, 0) is 65.4 Å². The van der Waals surface area contributed by atoms with E-state index < -0.39 is 0 Å². The summed E-state index contributed by atoms with van der Waals surface area (Å²) in [5, 5.41) is 11.2. The van der Waals surface area contributed by atoms with Crippen LogP contribution in [0.1, 0.15) is 66.2 Å². The van der Waals surface area contributed by atoms with E-state index in [-0.39, 0.29) is 18.0 Å². The van der Waals surface area contributed by atoms with Crippen molar-refractivity contribution in [3.63, 3.8) is 0 Å². The van der Waals surface area contributed by atoms with Gasteiger partial charge in [-0.25, -0.2) is 0 Å². The maximum absolute atomic E-state index is 12.3. The Labute approximate surface area is 179 Å². The van der Waals surface area contributed by atoms with Crippen LogP contribution in [0.3, 0.4) is 0 Å². The summed E-state index contributed by atoms with van der Waals surface area (Å²) in [4.78, 5) is 26.2. The molecule has 1 fully saturated rings. The zero-order chi connectivity index (χ0) is 22.1. The van der Waals surface area contributed by atoms with Gasteiger partial charge in [0, 0.05) is 29.5 Å². The molecule has 1 aliphatic carbocycles. The van der Waals surface area contributed by atoms with E-state index in [2.05, 4.69) is 39.8 Å². The highest BCUT2D eigenvalue weighted by Crippen LogP contribution is 2.20. The molecule has 0 saturated heterocycles. The van der Waals surface area contributed by atoms with Crippen molar-refractivity contribution in [1.82, 2.24) is 20.4 Å². The van der Waals surface area contributed by atoms with Crippen molar-refractivity contribution < 1.29 is 4.79 Å². The number of nitrogens with one attached hydrogen (secondary N) is 4. The van der Waals surface area contributed by atoms with Crippen LogP contribution in [0.5, 0.6) is 0 Å². The van der Waals surface area contributed by atoms with Gasteiger partial charge in [-0.1, -0.05) is 25.3 Å². The summed E-state index contributed by atoms with van der Waals surface area (Å²) >= 11 is 0. The summed E-state index contributed by atoms with van der Waals surface area (Å²) in [5.74, 6) is -0.188. The fraction of sp³-hybridized carbons (Fsp3) is 0.565. The highest BCUT2D eigenvalue weighted by atomic mass is 16.2. The van der Waals surface area contributed by atoms with Gasteiger partial charge in [-0.15, -0.1) is 0 Å². The molecule has 0 spiro atoms. The Balaban J connectivity index is 0.000000297. The number of hydrogen-bond donors (Lipinski definition) is 4. The van der Waals surface area contributed by atoms with E-state index in [1.54, 1.807) is 13.0 Å². The predicted molar refractivity (Wildman–Crippen MR) is 123 cm³/mol. The number of hydrogen-bond acceptors (Lipinski definition) is 4. The van der Waals surface area contributed by atoms with Gasteiger partial charge in [0.05, 0.1) is 12.1 Å². The van der Waals surface area contributed by atoms with Crippen LogP contribution < -0.4 is 16.2 Å². The third kappa shape index (κ3) is 6.49. The Bertz CT molecular complexity index is 863. The minimum atomic E-state index is -0.203. The average molecular weight is 416 g/mol. The van der Waals surface area contributed by atoms with E-state index >= 15 is 0 Å². The third-order valence-corrected chi connectivity index (χ3v) is 5.77. The topological polar surface area (TPSA) is 93.0 Å². The fourth-order valence-corrected chi connectivity index (χ4v) is 3.81. The summed E-state index contributed by atoms with van der Waals surface area (Å²) in [6, 6.07) is 6.45. The number of amides is 1. The summed E-state index contributed by atoms with van der Waals surface area (Å²) in [7, 11) is 4.38. The number of carbonyl (C=O) groups excluding carboxylic acids is 1. The second kappa shape index (κ2) is 11.6. The molecule has 0 radical (unpaired) electrons. The zero-order valence-corrected chi connectivity index (χ0v) is 19.0. The molecule has 0 bridgehead atoms.